The van der Waals surface area contributed by atoms with Crippen LogP contribution < -0.4 is 11.1 Å². The van der Waals surface area contributed by atoms with Gasteiger partial charge in [-0.15, -0.1) is 12.4 Å². The van der Waals surface area contributed by atoms with Gasteiger partial charge in [0.15, 0.2) is 5.78 Å². The molecule has 0 aliphatic heterocycles. The van der Waals surface area contributed by atoms with Gasteiger partial charge in [-0.05, 0) is 38.7 Å². The van der Waals surface area contributed by atoms with Crippen molar-refractivity contribution in [2.45, 2.75) is 44.7 Å². The van der Waals surface area contributed by atoms with E-state index in [4.69, 9.17) is 5.73 Å². The Morgan fingerprint density at radius 2 is 1.90 bits per heavy atom. The van der Waals surface area contributed by atoms with Gasteiger partial charge in [0.2, 0.25) is 0 Å². The minimum absolute atomic E-state index is 0. The van der Waals surface area contributed by atoms with Crippen molar-refractivity contribution < 1.29 is 9.59 Å². The van der Waals surface area contributed by atoms with Gasteiger partial charge in [-0.3, -0.25) is 9.59 Å². The fraction of sp³-hybridized carbons (Fsp3) is 0.571. The number of ketones is 1. The van der Waals surface area contributed by atoms with E-state index in [1.54, 1.807) is 23.9 Å². The van der Waals surface area contributed by atoms with Gasteiger partial charge in [0, 0.05) is 30.9 Å². The van der Waals surface area contributed by atoms with Crippen molar-refractivity contribution in [2.75, 3.05) is 0 Å². The van der Waals surface area contributed by atoms with Crippen LogP contribution in [-0.4, -0.2) is 28.3 Å². The van der Waals surface area contributed by atoms with Crippen molar-refractivity contribution in [3.63, 3.8) is 0 Å². The van der Waals surface area contributed by atoms with E-state index in [0.29, 0.717) is 11.3 Å². The van der Waals surface area contributed by atoms with Crippen LogP contribution in [0.15, 0.2) is 12.3 Å². The number of amides is 1. The Morgan fingerprint density at radius 3 is 2.40 bits per heavy atom. The Hall–Kier alpha value is -1.33. The van der Waals surface area contributed by atoms with Crippen molar-refractivity contribution in [1.82, 2.24) is 9.88 Å². The molecular formula is C14H22ClN3O2. The van der Waals surface area contributed by atoms with Crippen LogP contribution in [0.1, 0.15) is 53.5 Å². The van der Waals surface area contributed by atoms with E-state index in [2.05, 4.69) is 5.32 Å². The van der Waals surface area contributed by atoms with Crippen LogP contribution in [0.3, 0.4) is 0 Å². The van der Waals surface area contributed by atoms with Crippen LogP contribution in [0.2, 0.25) is 0 Å². The number of aromatic nitrogens is 1. The summed E-state index contributed by atoms with van der Waals surface area (Å²) in [6, 6.07) is 2.11. The number of carbonyl (C=O) groups excluding carboxylic acids is 2. The highest BCUT2D eigenvalue weighted by molar-refractivity contribution is 5.99. The molecule has 0 unspecified atom stereocenters. The topological polar surface area (TPSA) is 77.1 Å². The number of Topliss-reactive ketones (excluding diaryl/α,β-unsaturated/α-hetero) is 1. The van der Waals surface area contributed by atoms with Crippen LogP contribution in [-0.2, 0) is 7.05 Å². The molecule has 1 heterocycles. The van der Waals surface area contributed by atoms with Gasteiger partial charge in [0.05, 0.1) is 0 Å². The standard InChI is InChI=1S/C14H21N3O2.ClH/c1-9(18)10-7-13(17(2)8-10)14(19)16-12-5-3-11(15)4-6-12;/h7-8,11-12H,3-6,15H2,1-2H3,(H,16,19);1H. The SMILES string of the molecule is CC(=O)c1cc(C(=O)NC2CCC(N)CC2)n(C)c1.Cl. The molecule has 0 bridgehead atoms. The molecule has 1 aromatic heterocycles. The van der Waals surface area contributed by atoms with Crippen molar-refractivity contribution >= 4 is 24.1 Å². The van der Waals surface area contributed by atoms with E-state index < -0.39 is 0 Å². The van der Waals surface area contributed by atoms with E-state index in [1.807, 2.05) is 0 Å². The zero-order valence-corrected chi connectivity index (χ0v) is 12.7. The van der Waals surface area contributed by atoms with E-state index >= 15 is 0 Å². The smallest absolute Gasteiger partial charge is 0.268 e. The van der Waals surface area contributed by atoms with Gasteiger partial charge in [-0.1, -0.05) is 0 Å². The molecule has 20 heavy (non-hydrogen) atoms. The lowest BCUT2D eigenvalue weighted by Gasteiger charge is -2.26. The predicted molar refractivity (Wildman–Crippen MR) is 80.4 cm³/mol. The highest BCUT2D eigenvalue weighted by Crippen LogP contribution is 2.17. The maximum absolute atomic E-state index is 12.2. The number of nitrogens with one attached hydrogen (secondary N) is 1. The molecule has 2 rings (SSSR count). The quantitative estimate of drug-likeness (QED) is 0.833. The largest absolute Gasteiger partial charge is 0.348 e. The number of hydrogen-bond acceptors (Lipinski definition) is 3. The Labute approximate surface area is 125 Å². The van der Waals surface area contributed by atoms with Crippen LogP contribution >= 0.6 is 12.4 Å². The normalized spacial score (nSPS) is 21.9. The van der Waals surface area contributed by atoms with Crippen LogP contribution in [0.4, 0.5) is 0 Å². The second-order valence-corrected chi connectivity index (χ2v) is 5.37. The monoisotopic (exact) mass is 299 g/mol. The number of nitrogens with two attached hydrogens (primary N) is 1. The highest BCUT2D eigenvalue weighted by atomic mass is 35.5. The lowest BCUT2D eigenvalue weighted by Crippen LogP contribution is -2.40. The summed E-state index contributed by atoms with van der Waals surface area (Å²) in [5, 5.41) is 3.02. The van der Waals surface area contributed by atoms with Gasteiger partial charge in [-0.25, -0.2) is 0 Å². The maximum Gasteiger partial charge on any atom is 0.268 e. The number of halogens is 1. The second kappa shape index (κ2) is 6.90. The fourth-order valence-electron chi connectivity index (χ4n) is 2.51. The third kappa shape index (κ3) is 3.84. The summed E-state index contributed by atoms with van der Waals surface area (Å²) >= 11 is 0. The minimum atomic E-state index is -0.115. The fourth-order valence-corrected chi connectivity index (χ4v) is 2.51. The molecule has 112 valence electrons. The molecule has 0 atom stereocenters. The molecule has 1 amide bonds. The molecule has 5 nitrogen and oxygen atoms in total. The minimum Gasteiger partial charge on any atom is -0.348 e. The van der Waals surface area contributed by atoms with Crippen LogP contribution in [0, 0.1) is 0 Å². The molecule has 1 saturated carbocycles. The molecule has 6 heteroatoms. The highest BCUT2D eigenvalue weighted by Gasteiger charge is 2.22. The number of carbonyl (C=O) groups is 2. The molecule has 0 aromatic carbocycles. The van der Waals surface area contributed by atoms with Crippen molar-refractivity contribution in [2.24, 2.45) is 12.8 Å². The van der Waals surface area contributed by atoms with Crippen LogP contribution in [0.25, 0.3) is 0 Å². The molecule has 1 aliphatic rings. The average Bonchev–Trinajstić information content (AvgIpc) is 2.74. The van der Waals surface area contributed by atoms with Gasteiger partial charge in [-0.2, -0.15) is 0 Å². The summed E-state index contributed by atoms with van der Waals surface area (Å²) < 4.78 is 1.70. The number of hydrogen-bond donors (Lipinski definition) is 2. The molecule has 0 radical (unpaired) electrons. The van der Waals surface area contributed by atoms with Gasteiger partial charge in [0.25, 0.3) is 5.91 Å². The van der Waals surface area contributed by atoms with E-state index in [0.717, 1.165) is 25.7 Å². The van der Waals surface area contributed by atoms with Crippen molar-refractivity contribution in [1.29, 1.82) is 0 Å². The molecule has 1 aliphatic carbocycles. The summed E-state index contributed by atoms with van der Waals surface area (Å²) in [7, 11) is 1.78. The number of aryl methyl sites for hydroxylation is 1. The average molecular weight is 300 g/mol. The number of rotatable bonds is 3. The second-order valence-electron chi connectivity index (χ2n) is 5.37. The van der Waals surface area contributed by atoms with E-state index in [1.165, 1.54) is 6.92 Å². The summed E-state index contributed by atoms with van der Waals surface area (Å²) in [5.74, 6) is -0.145. The zero-order chi connectivity index (χ0) is 14.0. The molecule has 3 N–H and O–H groups in total. The predicted octanol–water partition coefficient (Wildman–Crippen LogP) is 1.65. The number of nitrogens with zero attached hydrogens (tertiary/aromatic N) is 1. The summed E-state index contributed by atoms with van der Waals surface area (Å²) in [4.78, 5) is 23.5. The zero-order valence-electron chi connectivity index (χ0n) is 11.9. The Balaban J connectivity index is 0.00000200. The Kier molecular flexibility index (Phi) is 5.77. The third-order valence-corrected chi connectivity index (χ3v) is 3.75. The van der Waals surface area contributed by atoms with Crippen molar-refractivity contribution in [3.05, 3.63) is 23.5 Å². The van der Waals surface area contributed by atoms with Gasteiger partial charge >= 0.3 is 0 Å². The molecular weight excluding hydrogens is 278 g/mol. The lowest BCUT2D eigenvalue weighted by atomic mass is 9.92. The Morgan fingerprint density at radius 1 is 1.30 bits per heavy atom. The van der Waals surface area contributed by atoms with Crippen LogP contribution in [0.5, 0.6) is 0 Å². The first-order valence-electron chi connectivity index (χ1n) is 6.71. The summed E-state index contributed by atoms with van der Waals surface area (Å²) in [6.45, 7) is 1.50. The first-order valence-corrected chi connectivity index (χ1v) is 6.71. The van der Waals surface area contributed by atoms with E-state index in [-0.39, 0.29) is 36.2 Å². The third-order valence-electron chi connectivity index (χ3n) is 3.75. The summed E-state index contributed by atoms with van der Waals surface area (Å²) in [5.41, 5.74) is 6.94. The molecule has 1 aromatic rings. The molecule has 0 saturated heterocycles. The van der Waals surface area contributed by atoms with E-state index in [9.17, 15) is 9.59 Å². The maximum atomic E-state index is 12.2. The van der Waals surface area contributed by atoms with Gasteiger partial charge in [0.1, 0.15) is 5.69 Å². The summed E-state index contributed by atoms with van der Waals surface area (Å²) in [6.07, 6.45) is 5.45. The Bertz CT molecular complexity index is 491. The molecule has 0 spiro atoms. The lowest BCUT2D eigenvalue weighted by molar-refractivity contribution is 0.0917. The van der Waals surface area contributed by atoms with Gasteiger partial charge < -0.3 is 15.6 Å². The first kappa shape index (κ1) is 16.7. The van der Waals surface area contributed by atoms with Crippen molar-refractivity contribution in [3.8, 4) is 0 Å². The first-order chi connectivity index (χ1) is 8.97. The molecule has 1 fully saturated rings.